The molecule has 1 aliphatic carbocycles. The summed E-state index contributed by atoms with van der Waals surface area (Å²) in [5.41, 5.74) is -1.63. The van der Waals surface area contributed by atoms with Gasteiger partial charge in [-0.25, -0.2) is 12.8 Å². The lowest BCUT2D eigenvalue weighted by Gasteiger charge is -2.09. The van der Waals surface area contributed by atoms with Crippen molar-refractivity contribution in [2.75, 3.05) is 6.61 Å². The van der Waals surface area contributed by atoms with Gasteiger partial charge >= 0.3 is 5.97 Å². The van der Waals surface area contributed by atoms with Gasteiger partial charge in [0.2, 0.25) is 0 Å². The van der Waals surface area contributed by atoms with Gasteiger partial charge in [0.1, 0.15) is 11.2 Å². The molecule has 1 fully saturated rings. The van der Waals surface area contributed by atoms with E-state index in [-0.39, 0.29) is 10.5 Å². The molecule has 3 rings (SSSR count). The second kappa shape index (κ2) is 5.68. The molecule has 2 N–H and O–H groups in total. The number of hydrogen-bond donors (Lipinski definition) is 2. The Morgan fingerprint density at radius 3 is 2.33 bits per heavy atom. The van der Waals surface area contributed by atoms with Crippen molar-refractivity contribution in [2.45, 2.75) is 16.1 Å². The summed E-state index contributed by atoms with van der Waals surface area (Å²) >= 11 is 0. The molecule has 0 bridgehead atoms. The number of sulfone groups is 1. The molecule has 0 heterocycles. The summed E-state index contributed by atoms with van der Waals surface area (Å²) in [6.45, 7) is -0.847. The highest BCUT2D eigenvalue weighted by Crippen LogP contribution is 2.64. The highest BCUT2D eigenvalue weighted by atomic mass is 32.2. The Hall–Kier alpha value is -2.25. The van der Waals surface area contributed by atoms with Gasteiger partial charge in [-0.2, -0.15) is 0 Å². The second-order valence-corrected chi connectivity index (χ2v) is 7.88. The summed E-state index contributed by atoms with van der Waals surface area (Å²) < 4.78 is 39.2. The Balaban J connectivity index is 2.13. The van der Waals surface area contributed by atoms with Crippen molar-refractivity contribution in [2.24, 2.45) is 5.41 Å². The number of carboxylic acids is 1. The third-order valence-corrected chi connectivity index (χ3v) is 6.82. The summed E-state index contributed by atoms with van der Waals surface area (Å²) in [6, 6.07) is 12.6. The Kier molecular flexibility index (Phi) is 3.93. The summed E-state index contributed by atoms with van der Waals surface area (Å²) in [5, 5.41) is 17.9. The molecule has 0 amide bonds. The minimum absolute atomic E-state index is 0.0204. The van der Waals surface area contributed by atoms with Gasteiger partial charge in [0.05, 0.1) is 16.8 Å². The van der Waals surface area contributed by atoms with Gasteiger partial charge in [0.25, 0.3) is 0 Å². The first-order valence-corrected chi connectivity index (χ1v) is 8.79. The van der Waals surface area contributed by atoms with Gasteiger partial charge in [-0.1, -0.05) is 30.3 Å². The van der Waals surface area contributed by atoms with Crippen molar-refractivity contribution in [3.05, 3.63) is 66.0 Å². The van der Waals surface area contributed by atoms with E-state index < -0.39 is 44.8 Å². The normalized spacial score (nSPS) is 26.1. The average molecular weight is 350 g/mol. The van der Waals surface area contributed by atoms with Crippen LogP contribution in [0.25, 0.3) is 0 Å². The van der Waals surface area contributed by atoms with Crippen LogP contribution in [0.1, 0.15) is 11.5 Å². The molecule has 1 aliphatic rings. The minimum atomic E-state index is -4.00. The van der Waals surface area contributed by atoms with Gasteiger partial charge in [0.15, 0.2) is 9.84 Å². The van der Waals surface area contributed by atoms with E-state index >= 15 is 0 Å². The van der Waals surface area contributed by atoms with Crippen molar-refractivity contribution in [1.82, 2.24) is 0 Å². The van der Waals surface area contributed by atoms with Gasteiger partial charge in [-0.15, -0.1) is 0 Å². The van der Waals surface area contributed by atoms with Crippen molar-refractivity contribution >= 4 is 15.8 Å². The summed E-state index contributed by atoms with van der Waals surface area (Å²) in [5.74, 6) is -3.02. The fraction of sp³-hybridized carbons (Fsp3) is 0.235. The van der Waals surface area contributed by atoms with Crippen LogP contribution < -0.4 is 0 Å². The molecule has 0 radical (unpaired) electrons. The Morgan fingerprint density at radius 1 is 1.12 bits per heavy atom. The smallest absolute Gasteiger partial charge is 0.314 e. The standard InChI is InChI=1S/C17H15FO5S/c18-12-6-4-5-11(9-12)14-15(17(14,10-19)16(20)21)24(22,23)13-7-2-1-3-8-13/h1-9,14-15,19H,10H2,(H,20,21)/t14-,15+,17+/m1/s1. The molecule has 0 aliphatic heterocycles. The first-order chi connectivity index (χ1) is 11.4. The van der Waals surface area contributed by atoms with Gasteiger partial charge in [0, 0.05) is 5.92 Å². The van der Waals surface area contributed by atoms with Crippen LogP contribution >= 0.6 is 0 Å². The number of aliphatic hydroxyl groups excluding tert-OH is 1. The number of aliphatic hydroxyl groups is 1. The van der Waals surface area contributed by atoms with E-state index in [4.69, 9.17) is 0 Å². The zero-order chi connectivity index (χ0) is 17.5. The average Bonchev–Trinajstić information content (AvgIpc) is 3.27. The topological polar surface area (TPSA) is 91.7 Å². The number of rotatable bonds is 5. The number of aliphatic carboxylic acids is 1. The van der Waals surface area contributed by atoms with Gasteiger partial charge in [-0.05, 0) is 29.8 Å². The van der Waals surface area contributed by atoms with Crippen molar-refractivity contribution in [3.63, 3.8) is 0 Å². The van der Waals surface area contributed by atoms with Crippen molar-refractivity contribution in [1.29, 1.82) is 0 Å². The predicted octanol–water partition coefficient (Wildman–Crippen LogP) is 1.83. The highest BCUT2D eigenvalue weighted by Gasteiger charge is 2.75. The van der Waals surface area contributed by atoms with Crippen LogP contribution in [0.4, 0.5) is 4.39 Å². The maximum atomic E-state index is 13.5. The molecule has 1 saturated carbocycles. The molecule has 126 valence electrons. The van der Waals surface area contributed by atoms with Gasteiger partial charge < -0.3 is 10.2 Å². The molecular formula is C17H15FO5S. The number of carbonyl (C=O) groups is 1. The molecule has 0 saturated heterocycles. The fourth-order valence-corrected chi connectivity index (χ4v) is 5.69. The molecule has 0 unspecified atom stereocenters. The van der Waals surface area contributed by atoms with E-state index in [2.05, 4.69) is 0 Å². The van der Waals surface area contributed by atoms with E-state index in [0.29, 0.717) is 0 Å². The molecule has 0 spiro atoms. The molecule has 7 heteroatoms. The maximum absolute atomic E-state index is 13.5. The fourth-order valence-electron chi connectivity index (χ4n) is 3.30. The molecular weight excluding hydrogens is 335 g/mol. The van der Waals surface area contributed by atoms with Crippen LogP contribution in [-0.2, 0) is 14.6 Å². The number of halogens is 1. The van der Waals surface area contributed by atoms with E-state index in [9.17, 15) is 27.8 Å². The lowest BCUT2D eigenvalue weighted by atomic mass is 10.00. The number of benzene rings is 2. The van der Waals surface area contributed by atoms with Crippen LogP contribution in [0.3, 0.4) is 0 Å². The Labute approximate surface area is 138 Å². The SMILES string of the molecule is O=C(O)[C@@]1(CO)[C@H](c2cccc(F)c2)[C@@H]1S(=O)(=O)c1ccccc1. The molecule has 5 nitrogen and oxygen atoms in total. The first-order valence-electron chi connectivity index (χ1n) is 7.24. The van der Waals surface area contributed by atoms with Crippen LogP contribution in [-0.4, -0.2) is 36.5 Å². The Morgan fingerprint density at radius 2 is 1.79 bits per heavy atom. The summed E-state index contributed by atoms with van der Waals surface area (Å²) in [7, 11) is -4.00. The summed E-state index contributed by atoms with van der Waals surface area (Å²) in [4.78, 5) is 11.7. The van der Waals surface area contributed by atoms with Gasteiger partial charge in [-0.3, -0.25) is 4.79 Å². The minimum Gasteiger partial charge on any atom is -0.481 e. The van der Waals surface area contributed by atoms with E-state index in [1.54, 1.807) is 6.07 Å². The molecule has 0 aromatic heterocycles. The highest BCUT2D eigenvalue weighted by molar-refractivity contribution is 7.92. The largest absolute Gasteiger partial charge is 0.481 e. The monoisotopic (exact) mass is 350 g/mol. The lowest BCUT2D eigenvalue weighted by molar-refractivity contribution is -0.145. The first kappa shape index (κ1) is 16.6. The zero-order valence-electron chi connectivity index (χ0n) is 12.5. The van der Waals surface area contributed by atoms with Crippen molar-refractivity contribution in [3.8, 4) is 0 Å². The quantitative estimate of drug-likeness (QED) is 0.858. The summed E-state index contributed by atoms with van der Waals surface area (Å²) in [6.07, 6.45) is 0. The van der Waals surface area contributed by atoms with E-state index in [0.717, 1.165) is 6.07 Å². The van der Waals surface area contributed by atoms with Crippen LogP contribution in [0, 0.1) is 11.2 Å². The van der Waals surface area contributed by atoms with E-state index in [1.165, 1.54) is 42.5 Å². The van der Waals surface area contributed by atoms with Crippen LogP contribution in [0.15, 0.2) is 59.5 Å². The zero-order valence-corrected chi connectivity index (χ0v) is 13.3. The predicted molar refractivity (Wildman–Crippen MR) is 83.7 cm³/mol. The molecule has 3 atom stereocenters. The third kappa shape index (κ3) is 2.32. The Bertz CT molecular complexity index is 881. The van der Waals surface area contributed by atoms with E-state index in [1.807, 2.05) is 0 Å². The number of hydrogen-bond acceptors (Lipinski definition) is 4. The second-order valence-electron chi connectivity index (χ2n) is 5.81. The van der Waals surface area contributed by atoms with Crippen LogP contribution in [0.2, 0.25) is 0 Å². The third-order valence-electron chi connectivity index (χ3n) is 4.53. The molecule has 2 aromatic carbocycles. The lowest BCUT2D eigenvalue weighted by Crippen LogP contribution is -2.27. The van der Waals surface area contributed by atoms with Crippen molar-refractivity contribution < 1.29 is 27.8 Å². The van der Waals surface area contributed by atoms with Crippen LogP contribution in [0.5, 0.6) is 0 Å². The number of carboxylic acid groups (broad SMARTS) is 1. The molecule has 2 aromatic rings. The molecule has 24 heavy (non-hydrogen) atoms. The maximum Gasteiger partial charge on any atom is 0.314 e.